The van der Waals surface area contributed by atoms with Crippen molar-refractivity contribution >= 4 is 16.0 Å². The van der Waals surface area contributed by atoms with E-state index in [0.29, 0.717) is 5.92 Å². The maximum Gasteiger partial charge on any atom is 0.238 e. The predicted octanol–water partition coefficient (Wildman–Crippen LogP) is 1.69. The molecule has 0 unspecified atom stereocenters. The lowest BCUT2D eigenvalue weighted by Gasteiger charge is -2.21. The van der Waals surface area contributed by atoms with Crippen LogP contribution in [0.25, 0.3) is 0 Å². The highest BCUT2D eigenvalue weighted by Gasteiger charge is 2.17. The first-order valence-corrected chi connectivity index (χ1v) is 8.33. The Morgan fingerprint density at radius 3 is 2.53 bits per heavy atom. The van der Waals surface area contributed by atoms with Crippen LogP contribution in [0.1, 0.15) is 38.5 Å². The molecule has 1 saturated carbocycles. The molecular formula is C12H20N4O2S. The number of rotatable bonds is 6. The third kappa shape index (κ3) is 5.12. The Hall–Kier alpha value is -1.21. The van der Waals surface area contributed by atoms with E-state index in [0.717, 1.165) is 19.3 Å². The first-order valence-electron chi connectivity index (χ1n) is 6.68. The average Bonchev–Trinajstić information content (AvgIpc) is 2.46. The molecule has 0 aromatic carbocycles. The summed E-state index contributed by atoms with van der Waals surface area (Å²) in [6.07, 6.45) is 9.89. The second-order valence-electron chi connectivity index (χ2n) is 4.91. The van der Waals surface area contributed by atoms with Crippen molar-refractivity contribution in [3.05, 3.63) is 18.5 Å². The largest absolute Gasteiger partial charge is 0.276 e. The first kappa shape index (κ1) is 14.2. The maximum absolute atomic E-state index is 11.8. The number of nitrogens with one attached hydrogen (secondary N) is 2. The molecule has 1 aliphatic carbocycles. The highest BCUT2D eigenvalue weighted by atomic mass is 32.2. The average molecular weight is 284 g/mol. The lowest BCUT2D eigenvalue weighted by atomic mass is 9.88. The Morgan fingerprint density at radius 2 is 1.84 bits per heavy atom. The van der Waals surface area contributed by atoms with Crippen LogP contribution in [0.5, 0.6) is 0 Å². The Bertz CT molecular complexity index is 472. The number of hydrogen-bond donors (Lipinski definition) is 2. The topological polar surface area (TPSA) is 84.0 Å². The van der Waals surface area contributed by atoms with Gasteiger partial charge in [-0.25, -0.2) is 18.4 Å². The molecule has 1 aromatic rings. The van der Waals surface area contributed by atoms with Gasteiger partial charge in [-0.1, -0.05) is 32.1 Å². The quantitative estimate of drug-likeness (QED) is 0.777. The molecule has 7 heteroatoms. The summed E-state index contributed by atoms with van der Waals surface area (Å²) in [6, 6.07) is 1.67. The van der Waals surface area contributed by atoms with Crippen LogP contribution in [0, 0.1) is 5.92 Å². The Labute approximate surface area is 114 Å². The second-order valence-corrected chi connectivity index (χ2v) is 6.75. The summed E-state index contributed by atoms with van der Waals surface area (Å²) in [5.74, 6) is 0.958. The summed E-state index contributed by atoms with van der Waals surface area (Å²) < 4.78 is 23.6. The van der Waals surface area contributed by atoms with Crippen LogP contribution in [-0.2, 0) is 10.0 Å². The number of nitrogens with zero attached hydrogens (tertiary/aromatic N) is 2. The number of aromatic nitrogens is 2. The summed E-state index contributed by atoms with van der Waals surface area (Å²) in [4.78, 5) is 10.1. The second kappa shape index (κ2) is 6.81. The van der Waals surface area contributed by atoms with Crippen LogP contribution in [-0.4, -0.2) is 24.1 Å². The van der Waals surface area contributed by atoms with Gasteiger partial charge in [-0.3, -0.25) is 5.43 Å². The summed E-state index contributed by atoms with van der Waals surface area (Å²) in [5, 5.41) is 0. The van der Waals surface area contributed by atoms with Crippen molar-refractivity contribution in [1.29, 1.82) is 0 Å². The van der Waals surface area contributed by atoms with Crippen LogP contribution in [0.4, 0.5) is 5.95 Å². The van der Waals surface area contributed by atoms with E-state index in [1.54, 1.807) is 18.5 Å². The smallest absolute Gasteiger partial charge is 0.238 e. The SMILES string of the molecule is O=S(=O)(CCC1CCCCC1)NNc1ncccn1. The number of hydrazine groups is 1. The number of hydrogen-bond acceptors (Lipinski definition) is 5. The van der Waals surface area contributed by atoms with Gasteiger partial charge in [0, 0.05) is 12.4 Å². The van der Waals surface area contributed by atoms with Gasteiger partial charge in [0.15, 0.2) is 0 Å². The number of sulfonamides is 1. The molecule has 1 heterocycles. The van der Waals surface area contributed by atoms with Crippen LogP contribution >= 0.6 is 0 Å². The van der Waals surface area contributed by atoms with Gasteiger partial charge in [-0.2, -0.15) is 0 Å². The van der Waals surface area contributed by atoms with Gasteiger partial charge in [-0.15, -0.1) is 4.83 Å². The van der Waals surface area contributed by atoms with Gasteiger partial charge < -0.3 is 0 Å². The lowest BCUT2D eigenvalue weighted by molar-refractivity contribution is 0.349. The van der Waals surface area contributed by atoms with E-state index in [4.69, 9.17) is 0 Å². The lowest BCUT2D eigenvalue weighted by Crippen LogP contribution is -2.33. The minimum Gasteiger partial charge on any atom is -0.276 e. The Balaban J connectivity index is 1.75. The van der Waals surface area contributed by atoms with Crippen molar-refractivity contribution in [3.63, 3.8) is 0 Å². The first-order chi connectivity index (χ1) is 9.16. The van der Waals surface area contributed by atoms with Gasteiger partial charge in [0.25, 0.3) is 0 Å². The molecule has 1 aliphatic rings. The Kier molecular flexibility index (Phi) is 5.09. The molecule has 0 aliphatic heterocycles. The fourth-order valence-corrected chi connectivity index (χ4v) is 3.33. The molecule has 6 nitrogen and oxygen atoms in total. The third-order valence-corrected chi connectivity index (χ3v) is 4.59. The monoisotopic (exact) mass is 284 g/mol. The molecule has 0 bridgehead atoms. The molecule has 2 rings (SSSR count). The van der Waals surface area contributed by atoms with Crippen LogP contribution in [0.15, 0.2) is 18.5 Å². The summed E-state index contributed by atoms with van der Waals surface area (Å²) in [6.45, 7) is 0. The summed E-state index contributed by atoms with van der Waals surface area (Å²) in [5.41, 5.74) is 2.51. The molecule has 0 spiro atoms. The molecule has 0 saturated heterocycles. The molecule has 1 fully saturated rings. The summed E-state index contributed by atoms with van der Waals surface area (Å²) in [7, 11) is -3.32. The van der Waals surface area contributed by atoms with Gasteiger partial charge >= 0.3 is 0 Å². The normalized spacial score (nSPS) is 17.3. The highest BCUT2D eigenvalue weighted by Crippen LogP contribution is 2.26. The molecule has 0 amide bonds. The van der Waals surface area contributed by atoms with E-state index in [1.165, 1.54) is 19.3 Å². The Morgan fingerprint density at radius 1 is 1.16 bits per heavy atom. The predicted molar refractivity (Wildman–Crippen MR) is 73.8 cm³/mol. The van der Waals surface area contributed by atoms with Crippen molar-refractivity contribution in [1.82, 2.24) is 14.8 Å². The molecular weight excluding hydrogens is 264 g/mol. The van der Waals surface area contributed by atoms with Gasteiger partial charge in [0.2, 0.25) is 16.0 Å². The van der Waals surface area contributed by atoms with Crippen molar-refractivity contribution in [3.8, 4) is 0 Å². The zero-order chi connectivity index (χ0) is 13.6. The van der Waals surface area contributed by atoms with E-state index < -0.39 is 10.0 Å². The zero-order valence-electron chi connectivity index (χ0n) is 10.9. The number of anilines is 1. The molecule has 2 N–H and O–H groups in total. The van der Waals surface area contributed by atoms with Crippen LogP contribution < -0.4 is 10.3 Å². The van der Waals surface area contributed by atoms with E-state index in [1.807, 2.05) is 0 Å². The van der Waals surface area contributed by atoms with Crippen molar-refractivity contribution < 1.29 is 8.42 Å². The molecule has 106 valence electrons. The van der Waals surface area contributed by atoms with Gasteiger partial charge in [0.05, 0.1) is 5.75 Å². The molecule has 0 radical (unpaired) electrons. The van der Waals surface area contributed by atoms with E-state index in [9.17, 15) is 8.42 Å². The third-order valence-electron chi connectivity index (χ3n) is 3.40. The van der Waals surface area contributed by atoms with Crippen molar-refractivity contribution in [2.24, 2.45) is 5.92 Å². The van der Waals surface area contributed by atoms with Crippen LogP contribution in [0.2, 0.25) is 0 Å². The van der Waals surface area contributed by atoms with E-state index >= 15 is 0 Å². The highest BCUT2D eigenvalue weighted by molar-refractivity contribution is 7.89. The minimum absolute atomic E-state index is 0.150. The van der Waals surface area contributed by atoms with E-state index in [2.05, 4.69) is 20.2 Å². The maximum atomic E-state index is 11.8. The van der Waals surface area contributed by atoms with Gasteiger partial charge in [0.1, 0.15) is 0 Å². The standard InChI is InChI=1S/C12H20N4O2S/c17-19(18,10-7-11-5-2-1-3-6-11)16-15-12-13-8-4-9-14-12/h4,8-9,11,16H,1-3,5-7,10H2,(H,13,14,15). The minimum atomic E-state index is -3.32. The molecule has 19 heavy (non-hydrogen) atoms. The fourth-order valence-electron chi connectivity index (χ4n) is 2.34. The zero-order valence-corrected chi connectivity index (χ0v) is 11.7. The van der Waals surface area contributed by atoms with Crippen molar-refractivity contribution in [2.75, 3.05) is 11.2 Å². The summed E-state index contributed by atoms with van der Waals surface area (Å²) >= 11 is 0. The van der Waals surface area contributed by atoms with E-state index in [-0.39, 0.29) is 11.7 Å². The molecule has 0 atom stereocenters. The fraction of sp³-hybridized carbons (Fsp3) is 0.667. The van der Waals surface area contributed by atoms with Crippen molar-refractivity contribution in [2.45, 2.75) is 38.5 Å². The molecule has 1 aromatic heterocycles. The van der Waals surface area contributed by atoms with Gasteiger partial charge in [-0.05, 0) is 18.4 Å². The van der Waals surface area contributed by atoms with Crippen LogP contribution in [0.3, 0.4) is 0 Å².